The number of nitrogens with two attached hydrogens (primary N) is 1. The molecule has 5 heteroatoms. The molecular weight excluding hydrogens is 195 g/mol. The number of hydrogen-bond donors (Lipinski definition) is 1. The first-order valence-corrected chi connectivity index (χ1v) is 4.16. The van der Waals surface area contributed by atoms with Gasteiger partial charge in [0.05, 0.1) is 13.1 Å². The van der Waals surface area contributed by atoms with Crippen molar-refractivity contribution < 1.29 is 9.18 Å². The molecule has 0 aliphatic carbocycles. The van der Waals surface area contributed by atoms with Gasteiger partial charge in [0.1, 0.15) is 0 Å². The highest BCUT2D eigenvalue weighted by Gasteiger charge is 2.44. The molecule has 0 saturated carbocycles. The monoisotopic (exact) mass is 210 g/mol. The van der Waals surface area contributed by atoms with Crippen molar-refractivity contribution >= 4 is 18.3 Å². The van der Waals surface area contributed by atoms with Crippen molar-refractivity contribution in [3.05, 3.63) is 0 Å². The van der Waals surface area contributed by atoms with Crippen molar-refractivity contribution in [2.75, 3.05) is 19.6 Å². The van der Waals surface area contributed by atoms with E-state index in [1.807, 2.05) is 13.8 Å². The largest absolute Gasteiger partial charge is 0.336 e. The van der Waals surface area contributed by atoms with Crippen molar-refractivity contribution in [3.8, 4) is 0 Å². The maximum Gasteiger partial charge on any atom is 0.225 e. The highest BCUT2D eigenvalue weighted by molar-refractivity contribution is 5.85. The lowest BCUT2D eigenvalue weighted by atomic mass is 9.95. The Kier molecular flexibility index (Phi) is 4.13. The molecule has 1 aliphatic heterocycles. The number of alkyl halides is 1. The van der Waals surface area contributed by atoms with Crippen molar-refractivity contribution in [3.63, 3.8) is 0 Å². The Labute approximate surface area is 83.9 Å². The molecule has 0 radical (unpaired) electrons. The molecule has 1 saturated heterocycles. The maximum absolute atomic E-state index is 13.2. The van der Waals surface area contributed by atoms with Crippen molar-refractivity contribution in [2.45, 2.75) is 19.5 Å². The van der Waals surface area contributed by atoms with E-state index >= 15 is 0 Å². The lowest BCUT2D eigenvalue weighted by molar-refractivity contribution is -0.148. The summed E-state index contributed by atoms with van der Waals surface area (Å²) in [6.45, 7) is 3.96. The lowest BCUT2D eigenvalue weighted by Crippen LogP contribution is -2.64. The van der Waals surface area contributed by atoms with E-state index in [9.17, 15) is 9.18 Å². The Morgan fingerprint density at radius 2 is 2.08 bits per heavy atom. The smallest absolute Gasteiger partial charge is 0.225 e. The number of carbonyl (C=O) groups excluding carboxylic acids is 1. The average molecular weight is 211 g/mol. The summed E-state index contributed by atoms with van der Waals surface area (Å²) in [7, 11) is 0. The fraction of sp³-hybridized carbons (Fsp3) is 0.875. The summed E-state index contributed by atoms with van der Waals surface area (Å²) in [5, 5.41) is 0. The van der Waals surface area contributed by atoms with Gasteiger partial charge in [-0.25, -0.2) is 4.39 Å². The summed E-state index contributed by atoms with van der Waals surface area (Å²) in [5.74, 6) is -0.0379. The van der Waals surface area contributed by atoms with Gasteiger partial charge in [-0.15, -0.1) is 12.4 Å². The maximum atomic E-state index is 13.2. The third kappa shape index (κ3) is 2.54. The predicted molar refractivity (Wildman–Crippen MR) is 51.6 cm³/mol. The lowest BCUT2D eigenvalue weighted by Gasteiger charge is -2.44. The molecule has 0 atom stereocenters. The molecule has 0 aromatic carbocycles. The van der Waals surface area contributed by atoms with Crippen LogP contribution in [0, 0.1) is 5.92 Å². The van der Waals surface area contributed by atoms with Gasteiger partial charge < -0.3 is 10.6 Å². The van der Waals surface area contributed by atoms with Gasteiger partial charge in [-0.05, 0) is 0 Å². The quantitative estimate of drug-likeness (QED) is 0.725. The van der Waals surface area contributed by atoms with Crippen molar-refractivity contribution in [1.29, 1.82) is 0 Å². The summed E-state index contributed by atoms with van der Waals surface area (Å²) in [5.41, 5.74) is 3.88. The van der Waals surface area contributed by atoms with E-state index in [1.54, 1.807) is 0 Å². The molecule has 1 rings (SSSR count). The second-order valence-corrected chi connectivity index (χ2v) is 3.70. The topological polar surface area (TPSA) is 46.3 Å². The Morgan fingerprint density at radius 3 is 2.38 bits per heavy atom. The van der Waals surface area contributed by atoms with Crippen LogP contribution in [0.5, 0.6) is 0 Å². The number of likely N-dealkylation sites (tertiary alicyclic amines) is 1. The molecule has 1 aliphatic rings. The van der Waals surface area contributed by atoms with E-state index in [2.05, 4.69) is 0 Å². The van der Waals surface area contributed by atoms with Crippen LogP contribution in [0.2, 0.25) is 0 Å². The Bertz CT molecular complexity index is 193. The van der Waals surface area contributed by atoms with E-state index in [-0.39, 0.29) is 43.9 Å². The van der Waals surface area contributed by atoms with Crippen LogP contribution in [0.4, 0.5) is 4.39 Å². The summed E-state index contributed by atoms with van der Waals surface area (Å²) in [4.78, 5) is 12.8. The van der Waals surface area contributed by atoms with Gasteiger partial charge in [0.2, 0.25) is 5.91 Å². The number of amides is 1. The molecule has 1 heterocycles. The molecule has 3 nitrogen and oxygen atoms in total. The van der Waals surface area contributed by atoms with Crippen molar-refractivity contribution in [1.82, 2.24) is 4.90 Å². The molecule has 2 N–H and O–H groups in total. The van der Waals surface area contributed by atoms with E-state index < -0.39 is 5.67 Å². The molecule has 0 aromatic heterocycles. The van der Waals surface area contributed by atoms with Crippen LogP contribution in [0.15, 0.2) is 0 Å². The number of hydrogen-bond acceptors (Lipinski definition) is 2. The standard InChI is InChI=1S/C8H15FN2O.ClH/c1-6(2)7(12)11-4-8(9,3-10)5-11;/h6H,3-5,10H2,1-2H3;1H. The fourth-order valence-corrected chi connectivity index (χ4v) is 1.29. The summed E-state index contributed by atoms with van der Waals surface area (Å²) in [6.07, 6.45) is 0. The normalized spacial score (nSPS) is 19.3. The zero-order valence-electron chi connectivity index (χ0n) is 7.92. The molecule has 78 valence electrons. The third-order valence-corrected chi connectivity index (χ3v) is 2.12. The number of rotatable bonds is 2. The van der Waals surface area contributed by atoms with Gasteiger partial charge in [-0.3, -0.25) is 4.79 Å². The molecule has 0 unspecified atom stereocenters. The van der Waals surface area contributed by atoms with E-state index in [1.165, 1.54) is 4.90 Å². The summed E-state index contributed by atoms with van der Waals surface area (Å²) < 4.78 is 13.2. The van der Waals surface area contributed by atoms with Gasteiger partial charge in [0.15, 0.2) is 5.67 Å². The molecule has 0 aromatic rings. The SMILES string of the molecule is CC(C)C(=O)N1CC(F)(CN)C1.Cl. The first-order chi connectivity index (χ1) is 5.48. The van der Waals surface area contributed by atoms with Crippen molar-refractivity contribution in [2.24, 2.45) is 11.7 Å². The van der Waals surface area contributed by atoms with Crippen LogP contribution in [0.1, 0.15) is 13.8 Å². The minimum absolute atomic E-state index is 0. The Hall–Kier alpha value is -0.350. The first-order valence-electron chi connectivity index (χ1n) is 4.16. The van der Waals surface area contributed by atoms with Crippen LogP contribution in [-0.2, 0) is 4.79 Å². The minimum Gasteiger partial charge on any atom is -0.336 e. The van der Waals surface area contributed by atoms with Crippen LogP contribution in [-0.4, -0.2) is 36.1 Å². The van der Waals surface area contributed by atoms with Gasteiger partial charge in [0, 0.05) is 12.5 Å². The first kappa shape index (κ1) is 12.7. The third-order valence-electron chi connectivity index (χ3n) is 2.12. The molecule has 0 spiro atoms. The highest BCUT2D eigenvalue weighted by atomic mass is 35.5. The zero-order valence-corrected chi connectivity index (χ0v) is 8.73. The number of halogens is 2. The van der Waals surface area contributed by atoms with Crippen LogP contribution >= 0.6 is 12.4 Å². The fourth-order valence-electron chi connectivity index (χ4n) is 1.29. The second-order valence-electron chi connectivity index (χ2n) is 3.70. The molecule has 0 bridgehead atoms. The van der Waals surface area contributed by atoms with E-state index in [0.29, 0.717) is 0 Å². The molecule has 13 heavy (non-hydrogen) atoms. The van der Waals surface area contributed by atoms with E-state index in [4.69, 9.17) is 5.73 Å². The van der Waals surface area contributed by atoms with Gasteiger partial charge in [0.25, 0.3) is 0 Å². The Morgan fingerprint density at radius 1 is 1.62 bits per heavy atom. The number of carbonyl (C=O) groups is 1. The molecule has 1 amide bonds. The molecule has 1 fully saturated rings. The summed E-state index contributed by atoms with van der Waals surface area (Å²) >= 11 is 0. The average Bonchev–Trinajstić information content (AvgIpc) is 1.97. The second kappa shape index (κ2) is 4.24. The minimum atomic E-state index is -1.31. The van der Waals surface area contributed by atoms with Crippen LogP contribution < -0.4 is 5.73 Å². The van der Waals surface area contributed by atoms with Gasteiger partial charge >= 0.3 is 0 Å². The highest BCUT2D eigenvalue weighted by Crippen LogP contribution is 2.25. The predicted octanol–water partition coefficient (Wildman–Crippen LogP) is 0.573. The Balaban J connectivity index is 0.00000144. The van der Waals surface area contributed by atoms with Gasteiger partial charge in [-0.2, -0.15) is 0 Å². The van der Waals surface area contributed by atoms with Crippen LogP contribution in [0.25, 0.3) is 0 Å². The van der Waals surface area contributed by atoms with E-state index in [0.717, 1.165) is 0 Å². The number of nitrogens with zero attached hydrogens (tertiary/aromatic N) is 1. The van der Waals surface area contributed by atoms with Crippen LogP contribution in [0.3, 0.4) is 0 Å². The molecular formula is C8H16ClFN2O. The summed E-state index contributed by atoms with van der Waals surface area (Å²) in [6, 6.07) is 0. The van der Waals surface area contributed by atoms with Gasteiger partial charge in [-0.1, -0.05) is 13.8 Å². The zero-order chi connectivity index (χ0) is 9.35.